The van der Waals surface area contributed by atoms with E-state index in [2.05, 4.69) is 31.2 Å². The van der Waals surface area contributed by atoms with Crippen molar-refractivity contribution in [2.75, 3.05) is 0 Å². The minimum Gasteiger partial charge on any atom is -0.488 e. The van der Waals surface area contributed by atoms with Gasteiger partial charge in [0.05, 0.1) is 6.10 Å². The van der Waals surface area contributed by atoms with Crippen molar-refractivity contribution in [1.29, 1.82) is 0 Å². The zero-order valence-electron chi connectivity index (χ0n) is 11.3. The van der Waals surface area contributed by atoms with Gasteiger partial charge in [0.15, 0.2) is 0 Å². The van der Waals surface area contributed by atoms with E-state index in [1.54, 1.807) is 0 Å². The molecule has 0 bridgehead atoms. The molecule has 0 spiro atoms. The molecule has 1 aliphatic rings. The molecule has 0 unspecified atom stereocenters. The Morgan fingerprint density at radius 3 is 2.68 bits per heavy atom. The van der Waals surface area contributed by atoms with E-state index in [-0.39, 0.29) is 12.2 Å². The molecule has 1 saturated carbocycles. The normalized spacial score (nSPS) is 27.4. The van der Waals surface area contributed by atoms with Crippen molar-refractivity contribution < 1.29 is 9.84 Å². The topological polar surface area (TPSA) is 29.5 Å². The van der Waals surface area contributed by atoms with Gasteiger partial charge >= 0.3 is 0 Å². The fourth-order valence-corrected chi connectivity index (χ4v) is 2.85. The summed E-state index contributed by atoms with van der Waals surface area (Å²) < 4.78 is 6.00. The van der Waals surface area contributed by atoms with Crippen LogP contribution in [0.3, 0.4) is 0 Å². The van der Waals surface area contributed by atoms with Crippen molar-refractivity contribution >= 4 is 10.8 Å². The van der Waals surface area contributed by atoms with E-state index in [4.69, 9.17) is 4.74 Å². The van der Waals surface area contributed by atoms with Crippen LogP contribution >= 0.6 is 0 Å². The van der Waals surface area contributed by atoms with E-state index in [0.29, 0.717) is 5.92 Å². The van der Waals surface area contributed by atoms with Gasteiger partial charge in [-0.1, -0.05) is 37.3 Å². The Morgan fingerprint density at radius 1 is 1.05 bits per heavy atom. The highest BCUT2D eigenvalue weighted by molar-refractivity contribution is 5.83. The molecule has 0 heterocycles. The number of aliphatic hydroxyl groups is 1. The van der Waals surface area contributed by atoms with E-state index >= 15 is 0 Å². The van der Waals surface area contributed by atoms with Crippen molar-refractivity contribution in [3.05, 3.63) is 42.5 Å². The van der Waals surface area contributed by atoms with Gasteiger partial charge in [0.1, 0.15) is 11.9 Å². The zero-order valence-corrected chi connectivity index (χ0v) is 11.3. The number of rotatable bonds is 2. The Kier molecular flexibility index (Phi) is 3.43. The summed E-state index contributed by atoms with van der Waals surface area (Å²) in [5, 5.41) is 12.4. The van der Waals surface area contributed by atoms with E-state index < -0.39 is 0 Å². The smallest absolute Gasteiger partial charge is 0.125 e. The minimum absolute atomic E-state index is 0.0649. The summed E-state index contributed by atoms with van der Waals surface area (Å²) >= 11 is 0. The highest BCUT2D eigenvalue weighted by Gasteiger charge is 2.28. The average molecular weight is 256 g/mol. The van der Waals surface area contributed by atoms with Gasteiger partial charge in [0, 0.05) is 0 Å². The number of hydrogen-bond acceptors (Lipinski definition) is 2. The summed E-state index contributed by atoms with van der Waals surface area (Å²) in [5.41, 5.74) is 0. The number of fused-ring (bicyclic) bond motifs is 1. The Bertz CT molecular complexity index is 564. The number of aliphatic hydroxyl groups excluding tert-OH is 1. The lowest BCUT2D eigenvalue weighted by atomic mass is 9.86. The third-order valence-corrected chi connectivity index (χ3v) is 4.03. The highest BCUT2D eigenvalue weighted by atomic mass is 16.5. The molecule has 1 aliphatic carbocycles. The lowest BCUT2D eigenvalue weighted by Gasteiger charge is -2.31. The summed E-state index contributed by atoms with van der Waals surface area (Å²) in [6, 6.07) is 14.4. The molecule has 1 fully saturated rings. The van der Waals surface area contributed by atoms with Crippen LogP contribution in [0.5, 0.6) is 5.75 Å². The molecule has 2 aromatic rings. The second-order valence-corrected chi connectivity index (χ2v) is 5.65. The predicted octanol–water partition coefficient (Wildman–Crippen LogP) is 3.77. The average Bonchev–Trinajstić information content (AvgIpc) is 2.43. The van der Waals surface area contributed by atoms with E-state index in [9.17, 15) is 5.11 Å². The third kappa shape index (κ3) is 2.74. The molecule has 3 rings (SSSR count). The van der Waals surface area contributed by atoms with Gasteiger partial charge in [0.2, 0.25) is 0 Å². The fourth-order valence-electron chi connectivity index (χ4n) is 2.85. The molecule has 0 saturated heterocycles. The van der Waals surface area contributed by atoms with Crippen molar-refractivity contribution in [2.45, 2.75) is 38.4 Å². The summed E-state index contributed by atoms with van der Waals surface area (Å²) in [4.78, 5) is 0. The van der Waals surface area contributed by atoms with Crippen LogP contribution in [0.4, 0.5) is 0 Å². The minimum atomic E-state index is -0.331. The second kappa shape index (κ2) is 5.22. The number of ether oxygens (including phenoxy) is 1. The molecule has 0 aliphatic heterocycles. The lowest BCUT2D eigenvalue weighted by Crippen LogP contribution is -2.37. The Hall–Kier alpha value is -1.54. The Labute approximate surface area is 114 Å². The summed E-state index contributed by atoms with van der Waals surface area (Å²) in [6.07, 6.45) is 2.49. The van der Waals surface area contributed by atoms with Gasteiger partial charge < -0.3 is 9.84 Å². The molecule has 0 aromatic heterocycles. The standard InChI is InChI=1S/C17H20O2/c1-12-6-9-16(18)17(10-12)19-15-8-7-13-4-2-3-5-14(13)11-15/h2-5,7-8,11-12,16-18H,6,9-10H2,1H3/t12-,16+,17+/m0/s1. The van der Waals surface area contributed by atoms with Gasteiger partial charge in [-0.2, -0.15) is 0 Å². The Balaban J connectivity index is 1.80. The van der Waals surface area contributed by atoms with Gasteiger partial charge in [-0.25, -0.2) is 0 Å². The molecule has 19 heavy (non-hydrogen) atoms. The molecular formula is C17H20O2. The Morgan fingerprint density at radius 2 is 1.84 bits per heavy atom. The number of benzene rings is 2. The van der Waals surface area contributed by atoms with Crippen molar-refractivity contribution in [3.63, 3.8) is 0 Å². The predicted molar refractivity (Wildman–Crippen MR) is 77.4 cm³/mol. The molecule has 100 valence electrons. The monoisotopic (exact) mass is 256 g/mol. The van der Waals surface area contributed by atoms with Crippen LogP contribution in [0.2, 0.25) is 0 Å². The van der Waals surface area contributed by atoms with Crippen molar-refractivity contribution in [2.24, 2.45) is 5.92 Å². The molecule has 3 atom stereocenters. The molecule has 2 aromatic carbocycles. The van der Waals surface area contributed by atoms with Crippen LogP contribution in [-0.4, -0.2) is 17.3 Å². The van der Waals surface area contributed by atoms with Gasteiger partial charge in [-0.3, -0.25) is 0 Å². The summed E-state index contributed by atoms with van der Waals surface area (Å²) in [6.45, 7) is 2.22. The first-order chi connectivity index (χ1) is 9.22. The molecular weight excluding hydrogens is 236 g/mol. The van der Waals surface area contributed by atoms with Gasteiger partial charge in [-0.15, -0.1) is 0 Å². The third-order valence-electron chi connectivity index (χ3n) is 4.03. The maximum Gasteiger partial charge on any atom is 0.125 e. The first-order valence-corrected chi connectivity index (χ1v) is 7.06. The van der Waals surface area contributed by atoms with Crippen molar-refractivity contribution in [1.82, 2.24) is 0 Å². The SMILES string of the molecule is C[C@H]1CC[C@@H](O)[C@H](Oc2ccc3ccccc3c2)C1. The number of hydrogen-bond donors (Lipinski definition) is 1. The fraction of sp³-hybridized carbons (Fsp3) is 0.412. The van der Waals surface area contributed by atoms with Crippen LogP contribution in [0.15, 0.2) is 42.5 Å². The first kappa shape index (κ1) is 12.5. The van der Waals surface area contributed by atoms with E-state index in [1.165, 1.54) is 10.8 Å². The van der Waals surface area contributed by atoms with E-state index in [1.807, 2.05) is 18.2 Å². The molecule has 2 nitrogen and oxygen atoms in total. The van der Waals surface area contributed by atoms with Gasteiger partial charge in [-0.05, 0) is 48.1 Å². The quantitative estimate of drug-likeness (QED) is 0.886. The molecule has 0 radical (unpaired) electrons. The van der Waals surface area contributed by atoms with Gasteiger partial charge in [0.25, 0.3) is 0 Å². The molecule has 1 N–H and O–H groups in total. The maximum absolute atomic E-state index is 10.0. The maximum atomic E-state index is 10.0. The largest absolute Gasteiger partial charge is 0.488 e. The molecule has 2 heteroatoms. The van der Waals surface area contributed by atoms with Crippen LogP contribution in [0, 0.1) is 5.92 Å². The van der Waals surface area contributed by atoms with Crippen molar-refractivity contribution in [3.8, 4) is 5.75 Å². The molecule has 0 amide bonds. The highest BCUT2D eigenvalue weighted by Crippen LogP contribution is 2.29. The summed E-state index contributed by atoms with van der Waals surface area (Å²) in [7, 11) is 0. The van der Waals surface area contributed by atoms with Crippen LogP contribution in [-0.2, 0) is 0 Å². The first-order valence-electron chi connectivity index (χ1n) is 7.06. The summed E-state index contributed by atoms with van der Waals surface area (Å²) in [5.74, 6) is 1.49. The van der Waals surface area contributed by atoms with Crippen LogP contribution in [0.25, 0.3) is 10.8 Å². The van der Waals surface area contributed by atoms with E-state index in [0.717, 1.165) is 25.0 Å². The van der Waals surface area contributed by atoms with Crippen LogP contribution in [0.1, 0.15) is 26.2 Å². The lowest BCUT2D eigenvalue weighted by molar-refractivity contribution is -0.00751. The second-order valence-electron chi connectivity index (χ2n) is 5.65. The zero-order chi connectivity index (χ0) is 13.2. The van der Waals surface area contributed by atoms with Crippen LogP contribution < -0.4 is 4.74 Å².